The Hall–Kier alpha value is -2.87. The summed E-state index contributed by atoms with van der Waals surface area (Å²) in [5, 5.41) is 4.58. The van der Waals surface area contributed by atoms with Gasteiger partial charge in [-0.05, 0) is 37.0 Å². The number of nitrogens with one attached hydrogen (secondary N) is 2. The molecule has 30 heavy (non-hydrogen) atoms. The number of sulfone groups is 1. The van der Waals surface area contributed by atoms with Crippen molar-refractivity contribution in [1.29, 1.82) is 0 Å². The van der Waals surface area contributed by atoms with Gasteiger partial charge in [0.25, 0.3) is 5.91 Å². The Bertz CT molecular complexity index is 1050. The molecule has 0 saturated heterocycles. The summed E-state index contributed by atoms with van der Waals surface area (Å²) in [5.41, 5.74) is 2.04. The first-order valence-corrected chi connectivity index (χ1v) is 11.4. The zero-order chi connectivity index (χ0) is 21.9. The van der Waals surface area contributed by atoms with Gasteiger partial charge in [0, 0.05) is 19.0 Å². The van der Waals surface area contributed by atoms with Crippen molar-refractivity contribution in [2.75, 3.05) is 18.5 Å². The molecule has 7 nitrogen and oxygen atoms in total. The van der Waals surface area contributed by atoms with E-state index in [1.165, 1.54) is 13.0 Å². The van der Waals surface area contributed by atoms with Crippen molar-refractivity contribution in [2.24, 2.45) is 0 Å². The minimum absolute atomic E-state index is 0.107. The van der Waals surface area contributed by atoms with Crippen LogP contribution in [0, 0.1) is 6.92 Å². The van der Waals surface area contributed by atoms with Gasteiger partial charge in [0.2, 0.25) is 5.91 Å². The molecule has 8 heteroatoms. The molecule has 0 aromatic heterocycles. The van der Waals surface area contributed by atoms with Gasteiger partial charge >= 0.3 is 0 Å². The van der Waals surface area contributed by atoms with E-state index in [1.54, 1.807) is 13.0 Å². The lowest BCUT2D eigenvalue weighted by Crippen LogP contribution is -2.32. The van der Waals surface area contributed by atoms with Crippen molar-refractivity contribution in [3.05, 3.63) is 53.6 Å². The predicted octanol–water partition coefficient (Wildman–Crippen LogP) is 2.80. The maximum absolute atomic E-state index is 13.1. The molecule has 1 heterocycles. The Morgan fingerprint density at radius 2 is 1.90 bits per heavy atom. The quantitative estimate of drug-likeness (QED) is 0.703. The number of benzene rings is 2. The first-order chi connectivity index (χ1) is 14.2. The molecule has 2 atom stereocenters. The average molecular weight is 431 g/mol. The molecule has 0 spiro atoms. The fourth-order valence-electron chi connectivity index (χ4n) is 3.35. The summed E-state index contributed by atoms with van der Waals surface area (Å²) in [6.45, 7) is 5.46. The van der Waals surface area contributed by atoms with Crippen molar-refractivity contribution < 1.29 is 22.7 Å². The van der Waals surface area contributed by atoms with Gasteiger partial charge in [-0.25, -0.2) is 8.42 Å². The molecule has 3 rings (SSSR count). The third kappa shape index (κ3) is 4.81. The van der Waals surface area contributed by atoms with Crippen LogP contribution < -0.4 is 15.4 Å². The van der Waals surface area contributed by atoms with Crippen molar-refractivity contribution in [3.63, 3.8) is 0 Å². The van der Waals surface area contributed by atoms with Crippen LogP contribution in [0.4, 0.5) is 5.69 Å². The number of fused-ring (bicyclic) bond motifs is 1. The Morgan fingerprint density at radius 1 is 1.20 bits per heavy atom. The summed E-state index contributed by atoms with van der Waals surface area (Å²) >= 11 is 0. The third-order valence-electron chi connectivity index (χ3n) is 5.19. The Kier molecular flexibility index (Phi) is 6.45. The van der Waals surface area contributed by atoms with Gasteiger partial charge < -0.3 is 15.4 Å². The first-order valence-electron chi connectivity index (χ1n) is 9.81. The van der Waals surface area contributed by atoms with Gasteiger partial charge in [-0.15, -0.1) is 0 Å². The molecular formula is C22H26N2O5S. The monoisotopic (exact) mass is 430 g/mol. The molecular weight excluding hydrogens is 404 g/mol. The van der Waals surface area contributed by atoms with E-state index < -0.39 is 15.1 Å². The highest BCUT2D eigenvalue weighted by atomic mass is 32.2. The molecule has 0 aliphatic carbocycles. The van der Waals surface area contributed by atoms with Crippen LogP contribution in [0.15, 0.2) is 47.4 Å². The lowest BCUT2D eigenvalue weighted by molar-refractivity contribution is -0.121. The van der Waals surface area contributed by atoms with Crippen molar-refractivity contribution in [2.45, 2.75) is 43.3 Å². The molecule has 0 radical (unpaired) electrons. The van der Waals surface area contributed by atoms with Crippen molar-refractivity contribution >= 4 is 27.3 Å². The molecule has 1 aliphatic rings. The number of aryl methyl sites for hydroxylation is 1. The van der Waals surface area contributed by atoms with E-state index in [9.17, 15) is 18.0 Å². The van der Waals surface area contributed by atoms with Crippen LogP contribution in [0.5, 0.6) is 5.75 Å². The van der Waals surface area contributed by atoms with Gasteiger partial charge in [-0.2, -0.15) is 0 Å². The molecule has 1 aliphatic heterocycles. The van der Waals surface area contributed by atoms with Crippen LogP contribution in [0.2, 0.25) is 0 Å². The maximum atomic E-state index is 13.1. The summed E-state index contributed by atoms with van der Waals surface area (Å²) in [5.74, 6) is -0.162. The second kappa shape index (κ2) is 8.87. The lowest BCUT2D eigenvalue weighted by Gasteiger charge is -2.21. The molecule has 2 unspecified atom stereocenters. The second-order valence-corrected chi connectivity index (χ2v) is 9.96. The number of carbonyl (C=O) groups excluding carboxylic acids is 2. The van der Waals surface area contributed by atoms with Crippen LogP contribution in [0.25, 0.3) is 0 Å². The molecule has 2 aromatic rings. The van der Waals surface area contributed by atoms with Crippen LogP contribution >= 0.6 is 0 Å². The smallest absolute Gasteiger partial charge is 0.262 e. The van der Waals surface area contributed by atoms with E-state index in [0.717, 1.165) is 5.56 Å². The molecule has 2 N–H and O–H groups in total. The first kappa shape index (κ1) is 21.8. The van der Waals surface area contributed by atoms with Gasteiger partial charge in [-0.1, -0.05) is 37.3 Å². The average Bonchev–Trinajstić information content (AvgIpc) is 2.71. The summed E-state index contributed by atoms with van der Waals surface area (Å²) in [6.07, 6.45) is -0.141. The number of carbonyl (C=O) groups is 2. The van der Waals surface area contributed by atoms with Crippen LogP contribution in [-0.2, 0) is 19.4 Å². The summed E-state index contributed by atoms with van der Waals surface area (Å²) in [4.78, 5) is 23.9. The molecule has 0 saturated carbocycles. The fraction of sp³-hybridized carbons (Fsp3) is 0.364. The number of anilines is 1. The highest BCUT2D eigenvalue weighted by Gasteiger charge is 2.29. The molecule has 0 bridgehead atoms. The Balaban J connectivity index is 1.66. The normalized spacial score (nSPS) is 15.4. The van der Waals surface area contributed by atoms with Gasteiger partial charge in [0.05, 0.1) is 15.8 Å². The minimum Gasteiger partial charge on any atom is -0.482 e. The standard InChI is InChI=1S/C22H26N2O5S/c1-14-9-18-19(29-13-22(26)24-18)11-20(14)30(27,28)16(3)10-21(25)23-12-15(2)17-7-5-4-6-8-17/h4-9,11,15-16H,10,12-13H2,1-3H3,(H,23,25)(H,24,26). The summed E-state index contributed by atoms with van der Waals surface area (Å²) < 4.78 is 31.5. The van der Waals surface area contributed by atoms with Crippen LogP contribution in [-0.4, -0.2) is 38.6 Å². The fourth-order valence-corrected chi connectivity index (χ4v) is 4.93. The topological polar surface area (TPSA) is 102 Å². The SMILES string of the molecule is Cc1cc2c(cc1S(=O)(=O)C(C)CC(=O)NCC(C)c1ccccc1)OCC(=O)N2. The number of rotatable bonds is 7. The zero-order valence-corrected chi connectivity index (χ0v) is 18.1. The maximum Gasteiger partial charge on any atom is 0.262 e. The molecule has 2 aromatic carbocycles. The number of ether oxygens (including phenoxy) is 1. The number of hydrogen-bond donors (Lipinski definition) is 2. The zero-order valence-electron chi connectivity index (χ0n) is 17.3. The summed E-state index contributed by atoms with van der Waals surface area (Å²) in [7, 11) is -3.76. The van der Waals surface area contributed by atoms with E-state index in [1.807, 2.05) is 37.3 Å². The highest BCUT2D eigenvalue weighted by Crippen LogP contribution is 2.34. The molecule has 2 amide bonds. The van der Waals surface area contributed by atoms with Gasteiger partial charge in [0.15, 0.2) is 16.4 Å². The third-order valence-corrected chi connectivity index (χ3v) is 7.47. The van der Waals surface area contributed by atoms with E-state index in [-0.39, 0.29) is 35.7 Å². The van der Waals surface area contributed by atoms with Crippen molar-refractivity contribution in [3.8, 4) is 5.75 Å². The van der Waals surface area contributed by atoms with Crippen molar-refractivity contribution in [1.82, 2.24) is 5.32 Å². The van der Waals surface area contributed by atoms with Crippen LogP contribution in [0.3, 0.4) is 0 Å². The largest absolute Gasteiger partial charge is 0.482 e. The Labute approximate surface area is 176 Å². The summed E-state index contributed by atoms with van der Waals surface area (Å²) in [6, 6.07) is 12.8. The number of hydrogen-bond acceptors (Lipinski definition) is 5. The van der Waals surface area contributed by atoms with E-state index >= 15 is 0 Å². The molecule has 160 valence electrons. The lowest BCUT2D eigenvalue weighted by atomic mass is 10.0. The van der Waals surface area contributed by atoms with Gasteiger partial charge in [-0.3, -0.25) is 9.59 Å². The van der Waals surface area contributed by atoms with E-state index in [2.05, 4.69) is 10.6 Å². The second-order valence-electron chi connectivity index (χ2n) is 7.63. The van der Waals surface area contributed by atoms with Gasteiger partial charge in [0.1, 0.15) is 5.75 Å². The van der Waals surface area contributed by atoms with Crippen LogP contribution in [0.1, 0.15) is 37.3 Å². The number of amides is 2. The highest BCUT2D eigenvalue weighted by molar-refractivity contribution is 7.92. The van der Waals surface area contributed by atoms with E-state index in [4.69, 9.17) is 4.74 Å². The predicted molar refractivity (Wildman–Crippen MR) is 114 cm³/mol. The molecule has 0 fully saturated rings. The van der Waals surface area contributed by atoms with E-state index in [0.29, 0.717) is 23.5 Å². The minimum atomic E-state index is -3.76. The Morgan fingerprint density at radius 3 is 2.60 bits per heavy atom.